The lowest BCUT2D eigenvalue weighted by Crippen LogP contribution is -2.31. The van der Waals surface area contributed by atoms with Crippen molar-refractivity contribution in [3.05, 3.63) is 36.4 Å². The summed E-state index contributed by atoms with van der Waals surface area (Å²) in [4.78, 5) is 0. The molecular formula is C18H27N3O2S. The van der Waals surface area contributed by atoms with Gasteiger partial charge in [0, 0.05) is 6.54 Å². The van der Waals surface area contributed by atoms with Crippen LogP contribution in [0.5, 0.6) is 11.5 Å². The minimum atomic E-state index is 0.449. The fraction of sp³-hybridized carbons (Fsp3) is 0.444. The first-order chi connectivity index (χ1) is 11.7. The van der Waals surface area contributed by atoms with Crippen LogP contribution < -0.4 is 20.2 Å². The zero-order valence-corrected chi connectivity index (χ0v) is 15.3. The van der Waals surface area contributed by atoms with Crippen LogP contribution in [-0.4, -0.2) is 31.6 Å². The second kappa shape index (κ2) is 12.4. The van der Waals surface area contributed by atoms with Crippen molar-refractivity contribution < 1.29 is 9.47 Å². The SMILES string of the molecule is C=CCNC(=S)N/N=C\c1ccc(OCCCCCC)c(OC)c1. The lowest BCUT2D eigenvalue weighted by Gasteiger charge is -2.11. The molecule has 0 radical (unpaired) electrons. The van der Waals surface area contributed by atoms with Crippen molar-refractivity contribution in [3.63, 3.8) is 0 Å². The van der Waals surface area contributed by atoms with E-state index in [1.165, 1.54) is 19.3 Å². The van der Waals surface area contributed by atoms with E-state index in [-0.39, 0.29) is 0 Å². The molecule has 0 aromatic heterocycles. The molecule has 1 rings (SSSR count). The van der Waals surface area contributed by atoms with Gasteiger partial charge in [-0.2, -0.15) is 5.10 Å². The molecule has 0 saturated heterocycles. The highest BCUT2D eigenvalue weighted by molar-refractivity contribution is 7.80. The van der Waals surface area contributed by atoms with E-state index in [2.05, 4.69) is 29.3 Å². The van der Waals surface area contributed by atoms with Crippen LogP contribution in [0.4, 0.5) is 0 Å². The lowest BCUT2D eigenvalue weighted by atomic mass is 10.2. The zero-order valence-electron chi connectivity index (χ0n) is 14.5. The van der Waals surface area contributed by atoms with Gasteiger partial charge in [-0.3, -0.25) is 5.43 Å². The molecule has 0 aliphatic rings. The molecular weight excluding hydrogens is 322 g/mol. The minimum absolute atomic E-state index is 0.449. The number of benzene rings is 1. The van der Waals surface area contributed by atoms with Crippen LogP contribution in [0, 0.1) is 0 Å². The Kier molecular flexibility index (Phi) is 10.3. The van der Waals surface area contributed by atoms with Gasteiger partial charge in [0.05, 0.1) is 19.9 Å². The van der Waals surface area contributed by atoms with Crippen molar-refractivity contribution in [2.45, 2.75) is 32.6 Å². The molecule has 0 fully saturated rings. The highest BCUT2D eigenvalue weighted by Gasteiger charge is 2.05. The molecule has 0 saturated carbocycles. The normalized spacial score (nSPS) is 10.4. The van der Waals surface area contributed by atoms with E-state index in [1.807, 2.05) is 18.2 Å². The number of nitrogens with zero attached hydrogens (tertiary/aromatic N) is 1. The van der Waals surface area contributed by atoms with Gasteiger partial charge in [0.2, 0.25) is 0 Å². The number of hydrazone groups is 1. The summed E-state index contributed by atoms with van der Waals surface area (Å²) in [5.74, 6) is 1.45. The molecule has 132 valence electrons. The summed E-state index contributed by atoms with van der Waals surface area (Å²) in [6.07, 6.45) is 8.11. The van der Waals surface area contributed by atoms with E-state index < -0.39 is 0 Å². The average Bonchev–Trinajstić information content (AvgIpc) is 2.60. The Morgan fingerprint density at radius 2 is 2.12 bits per heavy atom. The third-order valence-electron chi connectivity index (χ3n) is 3.23. The third kappa shape index (κ3) is 7.97. The van der Waals surface area contributed by atoms with Crippen LogP contribution in [0.15, 0.2) is 36.0 Å². The molecule has 0 heterocycles. The molecule has 5 nitrogen and oxygen atoms in total. The predicted molar refractivity (Wildman–Crippen MR) is 104 cm³/mol. The maximum Gasteiger partial charge on any atom is 0.187 e. The number of nitrogens with one attached hydrogen (secondary N) is 2. The van der Waals surface area contributed by atoms with E-state index in [4.69, 9.17) is 21.7 Å². The van der Waals surface area contributed by atoms with Gasteiger partial charge < -0.3 is 14.8 Å². The molecule has 2 N–H and O–H groups in total. The molecule has 0 atom stereocenters. The summed E-state index contributed by atoms with van der Waals surface area (Å²) in [7, 11) is 1.63. The van der Waals surface area contributed by atoms with Gasteiger partial charge >= 0.3 is 0 Å². The van der Waals surface area contributed by atoms with Gasteiger partial charge in [-0.05, 0) is 42.4 Å². The van der Waals surface area contributed by atoms with Gasteiger partial charge in [0.25, 0.3) is 0 Å². The van der Waals surface area contributed by atoms with E-state index in [0.717, 1.165) is 17.7 Å². The zero-order chi connectivity index (χ0) is 17.6. The predicted octanol–water partition coefficient (Wildman–Crippen LogP) is 3.64. The standard InChI is InChI=1S/C18H27N3O2S/c1-4-6-7-8-12-23-16-10-9-15(13-17(16)22-3)14-20-21-18(24)19-11-5-2/h5,9-10,13-14H,2,4,6-8,11-12H2,1,3H3,(H2,19,21,24)/b20-14-. The summed E-state index contributed by atoms with van der Waals surface area (Å²) < 4.78 is 11.2. The molecule has 24 heavy (non-hydrogen) atoms. The van der Waals surface area contributed by atoms with Gasteiger partial charge in [-0.1, -0.05) is 32.3 Å². The van der Waals surface area contributed by atoms with E-state index in [0.29, 0.717) is 24.0 Å². The van der Waals surface area contributed by atoms with Crippen LogP contribution >= 0.6 is 12.2 Å². The first-order valence-corrected chi connectivity index (χ1v) is 8.60. The second-order valence-electron chi connectivity index (χ2n) is 5.19. The van der Waals surface area contributed by atoms with Crippen molar-refractivity contribution in [3.8, 4) is 11.5 Å². The Labute approximate surface area is 150 Å². The molecule has 0 aliphatic heterocycles. The van der Waals surface area contributed by atoms with Crippen molar-refractivity contribution in [1.82, 2.24) is 10.7 Å². The van der Waals surface area contributed by atoms with Crippen molar-refractivity contribution >= 4 is 23.5 Å². The minimum Gasteiger partial charge on any atom is -0.493 e. The first-order valence-electron chi connectivity index (χ1n) is 8.19. The summed E-state index contributed by atoms with van der Waals surface area (Å²) >= 11 is 5.05. The molecule has 0 amide bonds. The quantitative estimate of drug-likeness (QED) is 0.210. The van der Waals surface area contributed by atoms with E-state index in [9.17, 15) is 0 Å². The molecule has 0 unspecified atom stereocenters. The molecule has 6 heteroatoms. The Morgan fingerprint density at radius 1 is 1.29 bits per heavy atom. The Morgan fingerprint density at radius 3 is 2.83 bits per heavy atom. The Hall–Kier alpha value is -2.08. The van der Waals surface area contributed by atoms with Crippen LogP contribution in [0.2, 0.25) is 0 Å². The average molecular weight is 350 g/mol. The number of thiocarbonyl (C=S) groups is 1. The first kappa shape index (κ1) is 20.0. The summed E-state index contributed by atoms with van der Waals surface area (Å²) in [5.41, 5.74) is 3.63. The highest BCUT2D eigenvalue weighted by atomic mass is 32.1. The molecule has 0 aliphatic carbocycles. The number of hydrogen-bond donors (Lipinski definition) is 2. The maximum atomic E-state index is 5.79. The van der Waals surface area contributed by atoms with Gasteiger partial charge in [0.1, 0.15) is 0 Å². The van der Waals surface area contributed by atoms with Crippen LogP contribution in [0.3, 0.4) is 0 Å². The number of rotatable bonds is 11. The van der Waals surface area contributed by atoms with Gasteiger partial charge in [-0.15, -0.1) is 6.58 Å². The Balaban J connectivity index is 2.52. The fourth-order valence-electron chi connectivity index (χ4n) is 1.96. The highest BCUT2D eigenvalue weighted by Crippen LogP contribution is 2.27. The van der Waals surface area contributed by atoms with Crippen molar-refractivity contribution in [2.24, 2.45) is 5.10 Å². The third-order valence-corrected chi connectivity index (χ3v) is 3.47. The second-order valence-corrected chi connectivity index (χ2v) is 5.60. The maximum absolute atomic E-state index is 5.79. The number of methoxy groups -OCH3 is 1. The smallest absolute Gasteiger partial charge is 0.187 e. The summed E-state index contributed by atoms with van der Waals surface area (Å²) in [6.45, 7) is 7.10. The molecule has 1 aromatic rings. The Bertz CT molecular complexity index is 547. The van der Waals surface area contributed by atoms with E-state index in [1.54, 1.807) is 19.4 Å². The monoisotopic (exact) mass is 349 g/mol. The molecule has 1 aromatic carbocycles. The number of ether oxygens (including phenoxy) is 2. The van der Waals surface area contributed by atoms with Crippen molar-refractivity contribution in [2.75, 3.05) is 20.3 Å². The lowest BCUT2D eigenvalue weighted by molar-refractivity contribution is 0.285. The fourth-order valence-corrected chi connectivity index (χ4v) is 2.10. The summed E-state index contributed by atoms with van der Waals surface area (Å²) in [5, 5.41) is 7.47. The molecule has 0 bridgehead atoms. The van der Waals surface area contributed by atoms with Gasteiger partial charge in [-0.25, -0.2) is 0 Å². The van der Waals surface area contributed by atoms with Gasteiger partial charge in [0.15, 0.2) is 16.6 Å². The molecule has 0 spiro atoms. The van der Waals surface area contributed by atoms with E-state index >= 15 is 0 Å². The number of hydrogen-bond acceptors (Lipinski definition) is 4. The van der Waals surface area contributed by atoms with Crippen LogP contribution in [0.25, 0.3) is 0 Å². The largest absolute Gasteiger partial charge is 0.493 e. The topological polar surface area (TPSA) is 54.9 Å². The van der Waals surface area contributed by atoms with Crippen LogP contribution in [0.1, 0.15) is 38.2 Å². The summed E-state index contributed by atoms with van der Waals surface area (Å²) in [6, 6.07) is 5.70. The van der Waals surface area contributed by atoms with Crippen molar-refractivity contribution in [1.29, 1.82) is 0 Å². The number of unbranched alkanes of at least 4 members (excludes halogenated alkanes) is 3. The van der Waals surface area contributed by atoms with Crippen LogP contribution in [-0.2, 0) is 0 Å².